The maximum atomic E-state index is 14.2. The first kappa shape index (κ1) is 18.3. The van der Waals surface area contributed by atoms with Crippen molar-refractivity contribution in [2.75, 3.05) is 18.4 Å². The van der Waals surface area contributed by atoms with Crippen molar-refractivity contribution in [2.45, 2.75) is 32.3 Å². The zero-order valence-electron chi connectivity index (χ0n) is 14.7. The average Bonchev–Trinajstić information content (AvgIpc) is 2.67. The normalized spacial score (nSPS) is 14.8. The summed E-state index contributed by atoms with van der Waals surface area (Å²) in [7, 11) is 0. The number of carbonyl (C=O) groups excluding carboxylic acids is 1. The molecule has 0 atom stereocenters. The number of rotatable bonds is 7. The number of piperidine rings is 1. The third-order valence-corrected chi connectivity index (χ3v) is 4.56. The van der Waals surface area contributed by atoms with Crippen LogP contribution in [0.2, 0.25) is 0 Å². The highest BCUT2D eigenvalue weighted by atomic mass is 19.1. The summed E-state index contributed by atoms with van der Waals surface area (Å²) < 4.78 is 19.6. The van der Waals surface area contributed by atoms with Crippen molar-refractivity contribution in [3.05, 3.63) is 54.1 Å². The predicted octanol–water partition coefficient (Wildman–Crippen LogP) is 3.52. The van der Waals surface area contributed by atoms with Crippen LogP contribution in [0.15, 0.2) is 42.6 Å². The van der Waals surface area contributed by atoms with Crippen LogP contribution in [-0.2, 0) is 11.4 Å². The molecule has 1 aliphatic heterocycles. The summed E-state index contributed by atoms with van der Waals surface area (Å²) in [6.07, 6.45) is 5.23. The molecule has 3 rings (SSSR count). The Hall–Kier alpha value is -2.47. The SMILES string of the molecule is O=C(CCC1CCNCC1)Nc1ccc(OCc2ccccn2)c(F)c1. The molecule has 0 radical (unpaired) electrons. The first-order valence-corrected chi connectivity index (χ1v) is 9.03. The van der Waals surface area contributed by atoms with E-state index in [4.69, 9.17) is 4.74 Å². The van der Waals surface area contributed by atoms with Gasteiger partial charge in [0.15, 0.2) is 11.6 Å². The Morgan fingerprint density at radius 3 is 2.85 bits per heavy atom. The van der Waals surface area contributed by atoms with Gasteiger partial charge >= 0.3 is 0 Å². The van der Waals surface area contributed by atoms with Gasteiger partial charge in [-0.25, -0.2) is 4.39 Å². The number of aromatic nitrogens is 1. The van der Waals surface area contributed by atoms with Crippen LogP contribution in [0, 0.1) is 11.7 Å². The molecule has 1 fully saturated rings. The second-order valence-corrected chi connectivity index (χ2v) is 6.54. The highest BCUT2D eigenvalue weighted by Gasteiger charge is 2.15. The summed E-state index contributed by atoms with van der Waals surface area (Å²) in [6.45, 7) is 2.24. The number of benzene rings is 1. The first-order chi connectivity index (χ1) is 12.7. The monoisotopic (exact) mass is 357 g/mol. The first-order valence-electron chi connectivity index (χ1n) is 9.03. The molecule has 2 N–H and O–H groups in total. The summed E-state index contributed by atoms with van der Waals surface area (Å²) in [4.78, 5) is 16.2. The standard InChI is InChI=1S/C20H24FN3O2/c21-18-13-16(24-20(25)7-4-15-8-11-22-12-9-15)5-6-19(18)26-14-17-3-1-2-10-23-17/h1-3,5-6,10,13,15,22H,4,7-9,11-12,14H2,(H,24,25). The van der Waals surface area contributed by atoms with E-state index in [9.17, 15) is 9.18 Å². The molecule has 1 amide bonds. The summed E-state index contributed by atoms with van der Waals surface area (Å²) >= 11 is 0. The fraction of sp³-hybridized carbons (Fsp3) is 0.400. The Balaban J connectivity index is 1.47. The highest BCUT2D eigenvalue weighted by molar-refractivity contribution is 5.90. The molecule has 2 heterocycles. The number of hydrogen-bond donors (Lipinski definition) is 2. The maximum absolute atomic E-state index is 14.2. The number of amides is 1. The summed E-state index contributed by atoms with van der Waals surface area (Å²) in [5.74, 6) is 0.159. The maximum Gasteiger partial charge on any atom is 0.224 e. The minimum atomic E-state index is -0.503. The third kappa shape index (κ3) is 5.52. The van der Waals surface area contributed by atoms with Gasteiger partial charge in [0.1, 0.15) is 6.61 Å². The molecule has 1 aromatic heterocycles. The molecule has 2 aromatic rings. The Morgan fingerprint density at radius 1 is 1.27 bits per heavy atom. The lowest BCUT2D eigenvalue weighted by Gasteiger charge is -2.22. The van der Waals surface area contributed by atoms with E-state index in [-0.39, 0.29) is 18.3 Å². The molecular weight excluding hydrogens is 333 g/mol. The highest BCUT2D eigenvalue weighted by Crippen LogP contribution is 2.23. The number of nitrogens with one attached hydrogen (secondary N) is 2. The lowest BCUT2D eigenvalue weighted by atomic mass is 9.93. The fourth-order valence-corrected chi connectivity index (χ4v) is 3.06. The molecule has 0 spiro atoms. The summed E-state index contributed by atoms with van der Waals surface area (Å²) in [5.41, 5.74) is 1.17. The van der Waals surface area contributed by atoms with Gasteiger partial charge in [0.25, 0.3) is 0 Å². The van der Waals surface area contributed by atoms with Crippen LogP contribution >= 0.6 is 0 Å². The van der Waals surface area contributed by atoms with Crippen LogP contribution in [0.5, 0.6) is 5.75 Å². The zero-order valence-corrected chi connectivity index (χ0v) is 14.7. The largest absolute Gasteiger partial charge is 0.484 e. The van der Waals surface area contributed by atoms with E-state index in [1.807, 2.05) is 18.2 Å². The molecule has 1 aliphatic rings. The number of halogens is 1. The van der Waals surface area contributed by atoms with Crippen molar-refractivity contribution in [3.8, 4) is 5.75 Å². The molecule has 138 valence electrons. The number of pyridine rings is 1. The molecule has 0 bridgehead atoms. The molecule has 5 nitrogen and oxygen atoms in total. The van der Waals surface area contributed by atoms with Crippen molar-refractivity contribution in [3.63, 3.8) is 0 Å². The van der Waals surface area contributed by atoms with Gasteiger partial charge in [0.2, 0.25) is 5.91 Å². The van der Waals surface area contributed by atoms with Gasteiger partial charge in [-0.15, -0.1) is 0 Å². The average molecular weight is 357 g/mol. The van der Waals surface area contributed by atoms with Crippen molar-refractivity contribution >= 4 is 11.6 Å². The quantitative estimate of drug-likeness (QED) is 0.796. The molecule has 6 heteroatoms. The van der Waals surface area contributed by atoms with Crippen LogP contribution in [-0.4, -0.2) is 24.0 Å². The Morgan fingerprint density at radius 2 is 2.12 bits per heavy atom. The van der Waals surface area contributed by atoms with Crippen molar-refractivity contribution in [2.24, 2.45) is 5.92 Å². The summed E-state index contributed by atoms with van der Waals surface area (Å²) in [5, 5.41) is 6.08. The van der Waals surface area contributed by atoms with E-state index >= 15 is 0 Å². The van der Waals surface area contributed by atoms with Crippen molar-refractivity contribution < 1.29 is 13.9 Å². The van der Waals surface area contributed by atoms with E-state index in [1.165, 1.54) is 12.1 Å². The second kappa shape index (κ2) is 9.29. The lowest BCUT2D eigenvalue weighted by molar-refractivity contribution is -0.116. The third-order valence-electron chi connectivity index (χ3n) is 4.56. The van der Waals surface area contributed by atoms with Gasteiger partial charge in [0, 0.05) is 24.4 Å². The molecule has 26 heavy (non-hydrogen) atoms. The Labute approximate surface area is 153 Å². The molecule has 0 saturated carbocycles. The van der Waals surface area contributed by atoms with Gasteiger partial charge in [-0.05, 0) is 62.5 Å². The number of nitrogens with zero attached hydrogens (tertiary/aromatic N) is 1. The minimum Gasteiger partial charge on any atom is -0.484 e. The van der Waals surface area contributed by atoms with Crippen LogP contribution in [0.1, 0.15) is 31.4 Å². The summed E-state index contributed by atoms with van der Waals surface area (Å²) in [6, 6.07) is 9.95. The van der Waals surface area contributed by atoms with Crippen LogP contribution in [0.25, 0.3) is 0 Å². The van der Waals surface area contributed by atoms with Crippen molar-refractivity contribution in [1.29, 1.82) is 0 Å². The Kier molecular flexibility index (Phi) is 6.55. The molecular formula is C20H24FN3O2. The van der Waals surface area contributed by atoms with E-state index in [0.29, 0.717) is 18.0 Å². The van der Waals surface area contributed by atoms with Crippen LogP contribution in [0.3, 0.4) is 0 Å². The van der Waals surface area contributed by atoms with Gasteiger partial charge in [-0.3, -0.25) is 9.78 Å². The number of hydrogen-bond acceptors (Lipinski definition) is 4. The van der Waals surface area contributed by atoms with E-state index in [2.05, 4.69) is 15.6 Å². The van der Waals surface area contributed by atoms with Crippen LogP contribution in [0.4, 0.5) is 10.1 Å². The zero-order chi connectivity index (χ0) is 18.2. The number of anilines is 1. The molecule has 1 aromatic carbocycles. The van der Waals surface area contributed by atoms with Gasteiger partial charge < -0.3 is 15.4 Å². The minimum absolute atomic E-state index is 0.0786. The van der Waals surface area contributed by atoms with E-state index in [0.717, 1.165) is 38.0 Å². The van der Waals surface area contributed by atoms with E-state index in [1.54, 1.807) is 12.3 Å². The molecule has 0 aliphatic carbocycles. The van der Waals surface area contributed by atoms with Gasteiger partial charge in [-0.1, -0.05) is 6.07 Å². The number of carbonyl (C=O) groups is 1. The van der Waals surface area contributed by atoms with Gasteiger partial charge in [0.05, 0.1) is 5.69 Å². The Bertz CT molecular complexity index is 718. The predicted molar refractivity (Wildman–Crippen MR) is 98.4 cm³/mol. The topological polar surface area (TPSA) is 63.2 Å². The molecule has 0 unspecified atom stereocenters. The molecule has 1 saturated heterocycles. The van der Waals surface area contributed by atoms with E-state index < -0.39 is 5.82 Å². The smallest absolute Gasteiger partial charge is 0.224 e. The van der Waals surface area contributed by atoms with Crippen LogP contribution < -0.4 is 15.4 Å². The second-order valence-electron chi connectivity index (χ2n) is 6.54. The number of ether oxygens (including phenoxy) is 1. The fourth-order valence-electron chi connectivity index (χ4n) is 3.06. The van der Waals surface area contributed by atoms with Crippen molar-refractivity contribution in [1.82, 2.24) is 10.3 Å². The lowest BCUT2D eigenvalue weighted by Crippen LogP contribution is -2.28. The van der Waals surface area contributed by atoms with Gasteiger partial charge in [-0.2, -0.15) is 0 Å².